The lowest BCUT2D eigenvalue weighted by Gasteiger charge is -2.35. The molecule has 1 aliphatic heterocycles. The largest absolute Gasteiger partial charge is 0.481 e. The van der Waals surface area contributed by atoms with Crippen molar-refractivity contribution in [3.8, 4) is 5.88 Å². The summed E-state index contributed by atoms with van der Waals surface area (Å²) in [6, 6.07) is 1.23. The second kappa shape index (κ2) is 6.30. The van der Waals surface area contributed by atoms with Gasteiger partial charge >= 0.3 is 12.1 Å². The molecule has 7 nitrogen and oxygen atoms in total. The Balaban J connectivity index is 1.54. The van der Waals surface area contributed by atoms with Crippen LogP contribution < -0.4 is 4.74 Å². The standard InChI is InChI=1S/C17H19F3N2O5/c18-17(19,20)13-21-11(15(5-6-15)14(23)24)9-12(22-13)27-10-1-3-16(4-2-10)25-7-8-26-16/h9-10H,1-8H2,(H,23,24). The molecule has 1 spiro atoms. The fourth-order valence-corrected chi connectivity index (χ4v) is 3.67. The van der Waals surface area contributed by atoms with Crippen molar-refractivity contribution in [2.45, 2.75) is 62.0 Å². The van der Waals surface area contributed by atoms with Crippen molar-refractivity contribution in [3.05, 3.63) is 17.6 Å². The first-order valence-corrected chi connectivity index (χ1v) is 8.87. The van der Waals surface area contributed by atoms with Gasteiger partial charge in [-0.2, -0.15) is 18.2 Å². The number of aromatic nitrogens is 2. The van der Waals surface area contributed by atoms with Gasteiger partial charge in [0.2, 0.25) is 11.7 Å². The van der Waals surface area contributed by atoms with Gasteiger partial charge in [-0.05, 0) is 25.7 Å². The van der Waals surface area contributed by atoms with Crippen LogP contribution >= 0.6 is 0 Å². The molecular weight excluding hydrogens is 369 g/mol. The Morgan fingerprint density at radius 2 is 1.78 bits per heavy atom. The third-order valence-corrected chi connectivity index (χ3v) is 5.40. The first kappa shape index (κ1) is 18.4. The molecule has 0 amide bonds. The van der Waals surface area contributed by atoms with E-state index in [-0.39, 0.29) is 30.5 Å². The number of hydrogen-bond acceptors (Lipinski definition) is 6. The van der Waals surface area contributed by atoms with Gasteiger partial charge in [-0.1, -0.05) is 0 Å². The molecular formula is C17H19F3N2O5. The number of aliphatic carboxylic acids is 1. The minimum atomic E-state index is -4.79. The van der Waals surface area contributed by atoms with Crippen LogP contribution in [-0.4, -0.2) is 46.1 Å². The van der Waals surface area contributed by atoms with Crippen LogP contribution in [0.3, 0.4) is 0 Å². The lowest BCUT2D eigenvalue weighted by molar-refractivity contribution is -0.186. The fourth-order valence-electron chi connectivity index (χ4n) is 3.67. The van der Waals surface area contributed by atoms with E-state index in [0.29, 0.717) is 38.9 Å². The minimum Gasteiger partial charge on any atom is -0.481 e. The zero-order valence-corrected chi connectivity index (χ0v) is 14.4. The van der Waals surface area contributed by atoms with Crippen molar-refractivity contribution in [2.24, 2.45) is 0 Å². The number of ether oxygens (including phenoxy) is 3. The van der Waals surface area contributed by atoms with Gasteiger partial charge in [0.05, 0.1) is 18.9 Å². The molecule has 0 aromatic carbocycles. The number of rotatable bonds is 4. The van der Waals surface area contributed by atoms with Crippen LogP contribution in [0.4, 0.5) is 13.2 Å². The average Bonchev–Trinajstić information content (AvgIpc) is 3.32. The third kappa shape index (κ3) is 3.47. The number of hydrogen-bond donors (Lipinski definition) is 1. The van der Waals surface area contributed by atoms with Gasteiger partial charge in [0.15, 0.2) is 5.79 Å². The van der Waals surface area contributed by atoms with E-state index in [1.807, 2.05) is 0 Å². The van der Waals surface area contributed by atoms with E-state index in [1.165, 1.54) is 6.07 Å². The SMILES string of the molecule is O=C(O)C1(c2cc(OC3CCC4(CC3)OCCO4)nc(C(F)(F)F)n2)CC1. The summed E-state index contributed by atoms with van der Waals surface area (Å²) in [6.07, 6.45) is -2.37. The highest BCUT2D eigenvalue weighted by Crippen LogP contribution is 2.49. The van der Waals surface area contributed by atoms with E-state index in [1.54, 1.807) is 0 Å². The lowest BCUT2D eigenvalue weighted by atomic mass is 9.92. The Morgan fingerprint density at radius 1 is 1.15 bits per heavy atom. The Hall–Kier alpha value is -1.94. The average molecular weight is 388 g/mol. The maximum absolute atomic E-state index is 13.2. The van der Waals surface area contributed by atoms with Gasteiger partial charge in [-0.3, -0.25) is 4.79 Å². The van der Waals surface area contributed by atoms with E-state index < -0.39 is 29.2 Å². The molecule has 2 aliphatic carbocycles. The zero-order valence-electron chi connectivity index (χ0n) is 14.4. The zero-order chi connectivity index (χ0) is 19.3. The van der Waals surface area contributed by atoms with Crippen LogP contribution in [0, 0.1) is 0 Å². The molecule has 1 saturated heterocycles. The molecule has 3 fully saturated rings. The Kier molecular flexibility index (Phi) is 4.30. The summed E-state index contributed by atoms with van der Waals surface area (Å²) in [5, 5.41) is 9.37. The number of carboxylic acid groups (broad SMARTS) is 1. The second-order valence-electron chi connectivity index (χ2n) is 7.22. The summed E-state index contributed by atoms with van der Waals surface area (Å²) >= 11 is 0. The Bertz CT molecular complexity index is 735. The molecule has 0 atom stereocenters. The molecule has 10 heteroatoms. The number of nitrogens with zero attached hydrogens (tertiary/aromatic N) is 2. The molecule has 1 aromatic heterocycles. The summed E-state index contributed by atoms with van der Waals surface area (Å²) < 4.78 is 56.5. The van der Waals surface area contributed by atoms with Crippen LogP contribution in [0.2, 0.25) is 0 Å². The summed E-state index contributed by atoms with van der Waals surface area (Å²) in [7, 11) is 0. The topological polar surface area (TPSA) is 90.8 Å². The first-order valence-electron chi connectivity index (χ1n) is 8.87. The van der Waals surface area contributed by atoms with Crippen molar-refractivity contribution >= 4 is 5.97 Å². The maximum atomic E-state index is 13.2. The molecule has 1 aromatic rings. The molecule has 2 heterocycles. The summed E-state index contributed by atoms with van der Waals surface area (Å²) in [5.41, 5.74) is -1.52. The maximum Gasteiger partial charge on any atom is 0.451 e. The van der Waals surface area contributed by atoms with E-state index in [2.05, 4.69) is 9.97 Å². The number of halogens is 3. The van der Waals surface area contributed by atoms with Crippen LogP contribution in [0.15, 0.2) is 6.07 Å². The molecule has 148 valence electrons. The van der Waals surface area contributed by atoms with Gasteiger partial charge in [0.1, 0.15) is 11.5 Å². The monoisotopic (exact) mass is 388 g/mol. The van der Waals surface area contributed by atoms with Crippen LogP contribution in [0.1, 0.15) is 50.0 Å². The fraction of sp³-hybridized carbons (Fsp3) is 0.706. The van der Waals surface area contributed by atoms with Crippen molar-refractivity contribution in [1.29, 1.82) is 0 Å². The molecule has 27 heavy (non-hydrogen) atoms. The van der Waals surface area contributed by atoms with Crippen molar-refractivity contribution in [2.75, 3.05) is 13.2 Å². The van der Waals surface area contributed by atoms with Crippen LogP contribution in [-0.2, 0) is 25.9 Å². The van der Waals surface area contributed by atoms with Crippen LogP contribution in [0.25, 0.3) is 0 Å². The van der Waals surface area contributed by atoms with Gasteiger partial charge < -0.3 is 19.3 Å². The molecule has 2 saturated carbocycles. The van der Waals surface area contributed by atoms with Crippen molar-refractivity contribution in [3.63, 3.8) is 0 Å². The van der Waals surface area contributed by atoms with Gasteiger partial charge in [-0.25, -0.2) is 4.98 Å². The summed E-state index contributed by atoms with van der Waals surface area (Å²) in [4.78, 5) is 18.4. The molecule has 0 radical (unpaired) electrons. The molecule has 4 rings (SSSR count). The van der Waals surface area contributed by atoms with E-state index in [4.69, 9.17) is 14.2 Å². The Labute approximate surface area is 152 Å². The first-order chi connectivity index (χ1) is 12.7. The Morgan fingerprint density at radius 3 is 2.30 bits per heavy atom. The summed E-state index contributed by atoms with van der Waals surface area (Å²) in [5.74, 6) is -3.41. The smallest absolute Gasteiger partial charge is 0.451 e. The number of alkyl halides is 3. The number of carbonyl (C=O) groups is 1. The van der Waals surface area contributed by atoms with E-state index in [0.717, 1.165) is 0 Å². The van der Waals surface area contributed by atoms with Crippen molar-refractivity contribution < 1.29 is 37.3 Å². The number of carboxylic acids is 1. The van der Waals surface area contributed by atoms with Gasteiger partial charge in [-0.15, -0.1) is 0 Å². The predicted octanol–water partition coefficient (Wildman–Crippen LogP) is 2.68. The summed E-state index contributed by atoms with van der Waals surface area (Å²) in [6.45, 7) is 1.07. The molecule has 3 aliphatic rings. The highest BCUT2D eigenvalue weighted by molar-refractivity contribution is 5.84. The minimum absolute atomic E-state index is 0.151. The highest BCUT2D eigenvalue weighted by atomic mass is 19.4. The van der Waals surface area contributed by atoms with Crippen molar-refractivity contribution in [1.82, 2.24) is 9.97 Å². The normalized spacial score (nSPS) is 24.1. The lowest BCUT2D eigenvalue weighted by Crippen LogP contribution is -2.38. The van der Waals surface area contributed by atoms with Gasteiger partial charge in [0.25, 0.3) is 0 Å². The predicted molar refractivity (Wildman–Crippen MR) is 83.1 cm³/mol. The molecule has 0 unspecified atom stereocenters. The molecule has 0 bridgehead atoms. The highest BCUT2D eigenvalue weighted by Gasteiger charge is 2.54. The second-order valence-corrected chi connectivity index (χ2v) is 7.22. The van der Waals surface area contributed by atoms with Crippen LogP contribution in [0.5, 0.6) is 5.88 Å². The van der Waals surface area contributed by atoms with E-state index in [9.17, 15) is 23.1 Å². The van der Waals surface area contributed by atoms with E-state index >= 15 is 0 Å². The third-order valence-electron chi connectivity index (χ3n) is 5.40. The quantitative estimate of drug-likeness (QED) is 0.848. The van der Waals surface area contributed by atoms with Gasteiger partial charge in [0, 0.05) is 18.9 Å². The molecule has 1 N–H and O–H groups in total.